The summed E-state index contributed by atoms with van der Waals surface area (Å²) >= 11 is 0. The number of hydrogen-bond donors (Lipinski definition) is 0. The number of methoxy groups -OCH3 is 2. The summed E-state index contributed by atoms with van der Waals surface area (Å²) in [6.07, 6.45) is 10.5. The lowest BCUT2D eigenvalue weighted by atomic mass is 9.67. The molecular weight excluding hydrogens is 436 g/mol. The van der Waals surface area contributed by atoms with Crippen molar-refractivity contribution in [1.29, 1.82) is 5.26 Å². The molecule has 0 spiro atoms. The zero-order valence-corrected chi connectivity index (χ0v) is 22.5. The second-order valence-corrected chi connectivity index (χ2v) is 10.1. The third-order valence-corrected chi connectivity index (χ3v) is 7.71. The van der Waals surface area contributed by atoms with Crippen molar-refractivity contribution in [1.82, 2.24) is 9.91 Å². The van der Waals surface area contributed by atoms with E-state index in [2.05, 4.69) is 74.2 Å². The van der Waals surface area contributed by atoms with E-state index in [0.29, 0.717) is 5.92 Å². The quantitative estimate of drug-likeness (QED) is 0.407. The number of allylic oxidation sites excluding steroid dienone is 2. The molecule has 0 amide bonds. The fourth-order valence-corrected chi connectivity index (χ4v) is 5.36. The van der Waals surface area contributed by atoms with E-state index in [1.54, 1.807) is 14.2 Å². The SMILES string of the molecule is CCC1=NN(C)C2C=C(C(C#N)(CCCN(C)CCc3ccc(OC)c(OC)c3)C(C)C)C=CC12. The largest absolute Gasteiger partial charge is 0.493 e. The minimum absolute atomic E-state index is 0.223. The Morgan fingerprint density at radius 3 is 2.57 bits per heavy atom. The predicted molar refractivity (Wildman–Crippen MR) is 143 cm³/mol. The molecule has 3 rings (SSSR count). The van der Waals surface area contributed by atoms with Gasteiger partial charge in [-0.1, -0.05) is 45.1 Å². The second kappa shape index (κ2) is 11.8. The van der Waals surface area contributed by atoms with Crippen LogP contribution in [0.4, 0.5) is 0 Å². The van der Waals surface area contributed by atoms with Crippen molar-refractivity contribution >= 4 is 5.71 Å². The van der Waals surface area contributed by atoms with Gasteiger partial charge >= 0.3 is 0 Å². The van der Waals surface area contributed by atoms with Gasteiger partial charge in [0, 0.05) is 25.2 Å². The standard InChI is InChI=1S/C29H42N4O2/c1-8-25-24-12-11-23(19-26(24)33(5)31-25)29(20-30,21(2)3)15-9-16-32(4)17-14-22-10-13-27(34-6)28(18-22)35-7/h10-13,18-19,21,24,26H,8-9,14-17H2,1-7H3. The summed E-state index contributed by atoms with van der Waals surface area (Å²) in [5, 5.41) is 17.2. The molecule has 0 bridgehead atoms. The predicted octanol–water partition coefficient (Wildman–Crippen LogP) is 5.32. The number of likely N-dealkylation sites (N-methyl/N-ethyl adjacent to an activating group) is 2. The first-order valence-corrected chi connectivity index (χ1v) is 12.8. The van der Waals surface area contributed by atoms with Gasteiger partial charge in [0.25, 0.3) is 0 Å². The van der Waals surface area contributed by atoms with E-state index in [1.807, 2.05) is 13.1 Å². The van der Waals surface area contributed by atoms with Crippen molar-refractivity contribution in [3.05, 3.63) is 47.6 Å². The number of hydrazone groups is 1. The van der Waals surface area contributed by atoms with Crippen LogP contribution in [-0.2, 0) is 6.42 Å². The molecule has 1 aromatic rings. The molecule has 0 saturated heterocycles. The lowest BCUT2D eigenvalue weighted by Crippen LogP contribution is -2.35. The maximum atomic E-state index is 10.4. The number of rotatable bonds is 12. The van der Waals surface area contributed by atoms with Crippen LogP contribution >= 0.6 is 0 Å². The van der Waals surface area contributed by atoms with E-state index in [0.717, 1.165) is 55.8 Å². The van der Waals surface area contributed by atoms with Crippen LogP contribution in [-0.4, -0.2) is 63.1 Å². The molecule has 3 unspecified atom stereocenters. The number of benzene rings is 1. The highest BCUT2D eigenvalue weighted by Crippen LogP contribution is 2.44. The van der Waals surface area contributed by atoms with Crippen LogP contribution in [0.2, 0.25) is 0 Å². The van der Waals surface area contributed by atoms with Gasteiger partial charge in [-0.3, -0.25) is 5.01 Å². The first-order valence-electron chi connectivity index (χ1n) is 12.8. The van der Waals surface area contributed by atoms with Crippen molar-refractivity contribution < 1.29 is 9.47 Å². The Labute approximate surface area is 211 Å². The van der Waals surface area contributed by atoms with E-state index >= 15 is 0 Å². The normalized spacial score (nSPS) is 20.9. The summed E-state index contributed by atoms with van der Waals surface area (Å²) in [4.78, 5) is 2.35. The summed E-state index contributed by atoms with van der Waals surface area (Å²) in [5.74, 6) is 2.09. The minimum atomic E-state index is -0.485. The molecule has 0 saturated carbocycles. The highest BCUT2D eigenvalue weighted by molar-refractivity contribution is 5.90. The summed E-state index contributed by atoms with van der Waals surface area (Å²) in [6, 6.07) is 9.07. The van der Waals surface area contributed by atoms with Crippen LogP contribution in [0.15, 0.2) is 47.1 Å². The fourth-order valence-electron chi connectivity index (χ4n) is 5.36. The van der Waals surface area contributed by atoms with Gasteiger partial charge in [-0.15, -0.1) is 0 Å². The average Bonchev–Trinajstić information content (AvgIpc) is 3.20. The smallest absolute Gasteiger partial charge is 0.160 e. The first kappa shape index (κ1) is 26.8. The summed E-state index contributed by atoms with van der Waals surface area (Å²) in [6.45, 7) is 8.42. The van der Waals surface area contributed by atoms with Crippen LogP contribution in [0.25, 0.3) is 0 Å². The molecule has 1 aromatic carbocycles. The minimum Gasteiger partial charge on any atom is -0.493 e. The molecule has 6 heteroatoms. The number of nitriles is 1. The third-order valence-electron chi connectivity index (χ3n) is 7.71. The van der Waals surface area contributed by atoms with Gasteiger partial charge in [0.15, 0.2) is 11.5 Å². The highest BCUT2D eigenvalue weighted by atomic mass is 16.5. The van der Waals surface area contributed by atoms with E-state index in [1.165, 1.54) is 11.3 Å². The molecule has 1 aliphatic carbocycles. The molecule has 2 aliphatic rings. The number of ether oxygens (including phenoxy) is 2. The Hall–Kier alpha value is -2.78. The average molecular weight is 479 g/mol. The lowest BCUT2D eigenvalue weighted by molar-refractivity contribution is 0.261. The lowest BCUT2D eigenvalue weighted by Gasteiger charge is -2.36. The van der Waals surface area contributed by atoms with Crippen molar-refractivity contribution in [2.75, 3.05) is 41.4 Å². The van der Waals surface area contributed by atoms with Gasteiger partial charge < -0.3 is 14.4 Å². The molecule has 35 heavy (non-hydrogen) atoms. The number of nitrogens with zero attached hydrogens (tertiary/aromatic N) is 4. The number of fused-ring (bicyclic) bond motifs is 1. The molecule has 190 valence electrons. The maximum absolute atomic E-state index is 10.4. The van der Waals surface area contributed by atoms with Crippen LogP contribution in [0.5, 0.6) is 11.5 Å². The van der Waals surface area contributed by atoms with E-state index < -0.39 is 5.41 Å². The molecular formula is C29H42N4O2. The first-order chi connectivity index (χ1) is 16.8. The van der Waals surface area contributed by atoms with Crippen molar-refractivity contribution in [3.63, 3.8) is 0 Å². The maximum Gasteiger partial charge on any atom is 0.160 e. The zero-order chi connectivity index (χ0) is 25.6. The van der Waals surface area contributed by atoms with Gasteiger partial charge in [-0.05, 0) is 68.5 Å². The second-order valence-electron chi connectivity index (χ2n) is 10.1. The third kappa shape index (κ3) is 5.73. The molecule has 6 nitrogen and oxygen atoms in total. The van der Waals surface area contributed by atoms with Crippen LogP contribution in [0.1, 0.15) is 45.6 Å². The molecule has 3 atom stereocenters. The molecule has 1 heterocycles. The Bertz CT molecular complexity index is 1010. The van der Waals surface area contributed by atoms with E-state index in [4.69, 9.17) is 14.6 Å². The molecule has 0 fully saturated rings. The van der Waals surface area contributed by atoms with Crippen molar-refractivity contribution in [3.8, 4) is 17.6 Å². The van der Waals surface area contributed by atoms with E-state index in [-0.39, 0.29) is 12.0 Å². The van der Waals surface area contributed by atoms with Crippen LogP contribution in [0.3, 0.4) is 0 Å². The topological polar surface area (TPSA) is 61.1 Å². The van der Waals surface area contributed by atoms with Crippen LogP contribution < -0.4 is 9.47 Å². The Balaban J connectivity index is 1.61. The van der Waals surface area contributed by atoms with Gasteiger partial charge in [0.2, 0.25) is 0 Å². The van der Waals surface area contributed by atoms with Crippen LogP contribution in [0, 0.1) is 28.6 Å². The summed E-state index contributed by atoms with van der Waals surface area (Å²) in [7, 11) is 7.53. The van der Waals surface area contributed by atoms with Crippen molar-refractivity contribution in [2.45, 2.75) is 52.5 Å². The summed E-state index contributed by atoms with van der Waals surface area (Å²) < 4.78 is 10.8. The van der Waals surface area contributed by atoms with Gasteiger partial charge in [-0.2, -0.15) is 10.4 Å². The Kier molecular flexibility index (Phi) is 9.02. The number of hydrogen-bond acceptors (Lipinski definition) is 6. The Morgan fingerprint density at radius 2 is 1.94 bits per heavy atom. The summed E-state index contributed by atoms with van der Waals surface area (Å²) in [5.41, 5.74) is 3.13. The molecule has 0 N–H and O–H groups in total. The monoisotopic (exact) mass is 478 g/mol. The fraction of sp³-hybridized carbons (Fsp3) is 0.586. The highest BCUT2D eigenvalue weighted by Gasteiger charge is 2.41. The Morgan fingerprint density at radius 1 is 1.20 bits per heavy atom. The van der Waals surface area contributed by atoms with Gasteiger partial charge in [-0.25, -0.2) is 0 Å². The molecule has 0 aromatic heterocycles. The van der Waals surface area contributed by atoms with Gasteiger partial charge in [0.1, 0.15) is 0 Å². The van der Waals surface area contributed by atoms with Gasteiger partial charge in [0.05, 0.1) is 31.7 Å². The van der Waals surface area contributed by atoms with Crippen molar-refractivity contribution in [2.24, 2.45) is 22.4 Å². The zero-order valence-electron chi connectivity index (χ0n) is 22.5. The molecule has 0 radical (unpaired) electrons. The van der Waals surface area contributed by atoms with E-state index in [9.17, 15) is 5.26 Å². The molecule has 1 aliphatic heterocycles.